The van der Waals surface area contributed by atoms with Crippen LogP contribution in [0.25, 0.3) is 0 Å². The molecule has 2 heterocycles. The van der Waals surface area contributed by atoms with Gasteiger partial charge >= 0.3 is 0 Å². The molecule has 0 aliphatic carbocycles. The maximum Gasteiger partial charge on any atom is 0.137 e. The van der Waals surface area contributed by atoms with Crippen molar-refractivity contribution in [3.8, 4) is 0 Å². The molecule has 1 N–H and O–H groups in total. The van der Waals surface area contributed by atoms with Crippen LogP contribution >= 0.6 is 0 Å². The molecule has 118 valence electrons. The van der Waals surface area contributed by atoms with Gasteiger partial charge in [-0.3, -0.25) is 0 Å². The maximum absolute atomic E-state index is 4.67. The molecular weight excluding hydrogens is 260 g/mol. The van der Waals surface area contributed by atoms with Gasteiger partial charge in [-0.15, -0.1) is 0 Å². The van der Waals surface area contributed by atoms with E-state index < -0.39 is 0 Å². The molecular formula is C17H30N4. The lowest BCUT2D eigenvalue weighted by molar-refractivity contribution is 0.430. The molecule has 4 heteroatoms. The predicted octanol–water partition coefficient (Wildman–Crippen LogP) is 4.02. The van der Waals surface area contributed by atoms with Crippen molar-refractivity contribution in [2.75, 3.05) is 23.3 Å². The van der Waals surface area contributed by atoms with Crippen LogP contribution in [-0.4, -0.2) is 29.1 Å². The highest BCUT2D eigenvalue weighted by atomic mass is 15.2. The Balaban J connectivity index is 2.33. The molecule has 1 fully saturated rings. The highest BCUT2D eigenvalue weighted by molar-refractivity contribution is 5.59. The Morgan fingerprint density at radius 3 is 2.76 bits per heavy atom. The first-order valence-electron chi connectivity index (χ1n) is 8.66. The third-order valence-corrected chi connectivity index (χ3v) is 4.29. The molecule has 0 amide bonds. The van der Waals surface area contributed by atoms with E-state index in [1.54, 1.807) is 6.33 Å². The van der Waals surface area contributed by atoms with Crippen molar-refractivity contribution in [2.45, 2.75) is 71.8 Å². The van der Waals surface area contributed by atoms with Gasteiger partial charge in [-0.05, 0) is 39.0 Å². The highest BCUT2D eigenvalue weighted by Crippen LogP contribution is 2.31. The van der Waals surface area contributed by atoms with E-state index in [4.69, 9.17) is 0 Å². The normalized spacial score (nSPS) is 18.8. The van der Waals surface area contributed by atoms with E-state index in [1.807, 2.05) is 0 Å². The molecule has 2 rings (SSSR count). The molecule has 1 aliphatic heterocycles. The Kier molecular flexibility index (Phi) is 6.27. The van der Waals surface area contributed by atoms with Crippen LogP contribution in [0.1, 0.15) is 64.9 Å². The largest absolute Gasteiger partial charge is 0.370 e. The van der Waals surface area contributed by atoms with Crippen molar-refractivity contribution in [1.29, 1.82) is 0 Å². The summed E-state index contributed by atoms with van der Waals surface area (Å²) in [4.78, 5) is 11.7. The van der Waals surface area contributed by atoms with Crippen LogP contribution in [0.3, 0.4) is 0 Å². The van der Waals surface area contributed by atoms with Crippen LogP contribution in [0.15, 0.2) is 6.33 Å². The molecule has 0 radical (unpaired) electrons. The fourth-order valence-electron chi connectivity index (χ4n) is 3.36. The lowest BCUT2D eigenvalue weighted by Gasteiger charge is -2.38. The van der Waals surface area contributed by atoms with E-state index in [9.17, 15) is 0 Å². The SMILES string of the molecule is CCCc1c(NCC)ncnc1N1CCCCC1CCC. The molecule has 1 unspecified atom stereocenters. The summed E-state index contributed by atoms with van der Waals surface area (Å²) < 4.78 is 0. The van der Waals surface area contributed by atoms with Crippen LogP contribution in [0.2, 0.25) is 0 Å². The smallest absolute Gasteiger partial charge is 0.137 e. The maximum atomic E-state index is 4.67. The van der Waals surface area contributed by atoms with Gasteiger partial charge in [0.15, 0.2) is 0 Å². The minimum Gasteiger partial charge on any atom is -0.370 e. The summed E-state index contributed by atoms with van der Waals surface area (Å²) in [6.45, 7) is 8.68. The Morgan fingerprint density at radius 2 is 2.05 bits per heavy atom. The van der Waals surface area contributed by atoms with Gasteiger partial charge in [-0.25, -0.2) is 9.97 Å². The van der Waals surface area contributed by atoms with Crippen LogP contribution in [0, 0.1) is 0 Å². The van der Waals surface area contributed by atoms with Crippen LogP contribution in [0.5, 0.6) is 0 Å². The van der Waals surface area contributed by atoms with E-state index in [1.165, 1.54) is 43.5 Å². The van der Waals surface area contributed by atoms with Gasteiger partial charge in [0, 0.05) is 24.7 Å². The second-order valence-corrected chi connectivity index (χ2v) is 5.94. The highest BCUT2D eigenvalue weighted by Gasteiger charge is 2.25. The average molecular weight is 290 g/mol. The van der Waals surface area contributed by atoms with Crippen molar-refractivity contribution in [3.63, 3.8) is 0 Å². The van der Waals surface area contributed by atoms with Crippen molar-refractivity contribution < 1.29 is 0 Å². The zero-order valence-corrected chi connectivity index (χ0v) is 13.9. The van der Waals surface area contributed by atoms with E-state index >= 15 is 0 Å². The van der Waals surface area contributed by atoms with E-state index in [-0.39, 0.29) is 0 Å². The summed E-state index contributed by atoms with van der Waals surface area (Å²) >= 11 is 0. The predicted molar refractivity (Wildman–Crippen MR) is 90.1 cm³/mol. The van der Waals surface area contributed by atoms with Gasteiger partial charge in [0.25, 0.3) is 0 Å². The Hall–Kier alpha value is -1.32. The molecule has 1 saturated heterocycles. The summed E-state index contributed by atoms with van der Waals surface area (Å²) in [5.74, 6) is 2.21. The Morgan fingerprint density at radius 1 is 1.19 bits per heavy atom. The lowest BCUT2D eigenvalue weighted by atomic mass is 9.97. The van der Waals surface area contributed by atoms with Crippen molar-refractivity contribution in [3.05, 3.63) is 11.9 Å². The Bertz CT molecular complexity index is 431. The molecule has 1 atom stereocenters. The average Bonchev–Trinajstić information content (AvgIpc) is 2.50. The standard InChI is InChI=1S/C17H30N4/c1-4-9-14-11-7-8-12-21(14)17-15(10-5-2)16(18-6-3)19-13-20-17/h13-14H,4-12H2,1-3H3,(H,18,19,20). The molecule has 4 nitrogen and oxygen atoms in total. The molecule has 0 aromatic carbocycles. The number of hydrogen-bond donors (Lipinski definition) is 1. The lowest BCUT2D eigenvalue weighted by Crippen LogP contribution is -2.40. The summed E-state index contributed by atoms with van der Waals surface area (Å²) in [6.07, 6.45) is 10.4. The first-order valence-corrected chi connectivity index (χ1v) is 8.66. The molecule has 0 bridgehead atoms. The minimum atomic E-state index is 0.656. The van der Waals surface area contributed by atoms with E-state index in [0.717, 1.165) is 31.7 Å². The zero-order valence-electron chi connectivity index (χ0n) is 13.9. The number of aromatic nitrogens is 2. The molecule has 0 saturated carbocycles. The molecule has 21 heavy (non-hydrogen) atoms. The first-order chi connectivity index (χ1) is 10.3. The number of rotatable bonds is 7. The van der Waals surface area contributed by atoms with E-state index in [2.05, 4.69) is 41.0 Å². The summed E-state index contributed by atoms with van der Waals surface area (Å²) in [5.41, 5.74) is 1.31. The van der Waals surface area contributed by atoms with Crippen LogP contribution < -0.4 is 10.2 Å². The van der Waals surface area contributed by atoms with Gasteiger partial charge < -0.3 is 10.2 Å². The van der Waals surface area contributed by atoms with Crippen LogP contribution in [0.4, 0.5) is 11.6 Å². The van der Waals surface area contributed by atoms with Gasteiger partial charge in [0.05, 0.1) is 0 Å². The second-order valence-electron chi connectivity index (χ2n) is 5.94. The van der Waals surface area contributed by atoms with Gasteiger partial charge in [0.1, 0.15) is 18.0 Å². The Labute approximate surface area is 129 Å². The summed E-state index contributed by atoms with van der Waals surface area (Å²) in [5, 5.41) is 3.41. The van der Waals surface area contributed by atoms with E-state index in [0.29, 0.717) is 6.04 Å². The topological polar surface area (TPSA) is 41.1 Å². The van der Waals surface area contributed by atoms with Crippen molar-refractivity contribution in [1.82, 2.24) is 9.97 Å². The van der Waals surface area contributed by atoms with Crippen LogP contribution in [-0.2, 0) is 6.42 Å². The summed E-state index contributed by atoms with van der Waals surface area (Å²) in [6, 6.07) is 0.656. The summed E-state index contributed by atoms with van der Waals surface area (Å²) in [7, 11) is 0. The third kappa shape index (κ3) is 3.86. The fourth-order valence-corrected chi connectivity index (χ4v) is 3.36. The van der Waals surface area contributed by atoms with Gasteiger partial charge in [0.2, 0.25) is 0 Å². The third-order valence-electron chi connectivity index (χ3n) is 4.29. The van der Waals surface area contributed by atoms with Crippen molar-refractivity contribution >= 4 is 11.6 Å². The second kappa shape index (κ2) is 8.20. The number of nitrogens with one attached hydrogen (secondary N) is 1. The number of hydrogen-bond acceptors (Lipinski definition) is 4. The zero-order chi connectivity index (χ0) is 15.1. The van der Waals surface area contributed by atoms with Gasteiger partial charge in [-0.2, -0.15) is 0 Å². The molecule has 1 aromatic heterocycles. The monoisotopic (exact) mass is 290 g/mol. The van der Waals surface area contributed by atoms with Gasteiger partial charge in [-0.1, -0.05) is 26.7 Å². The molecule has 1 aromatic rings. The van der Waals surface area contributed by atoms with Crippen molar-refractivity contribution in [2.24, 2.45) is 0 Å². The minimum absolute atomic E-state index is 0.656. The molecule has 0 spiro atoms. The molecule has 1 aliphatic rings. The quantitative estimate of drug-likeness (QED) is 0.823. The fraction of sp³-hybridized carbons (Fsp3) is 0.765. The first kappa shape index (κ1) is 16.1. The number of nitrogens with zero attached hydrogens (tertiary/aromatic N) is 3. The number of piperidine rings is 1. The number of anilines is 2.